The van der Waals surface area contributed by atoms with Crippen molar-refractivity contribution in [3.8, 4) is 6.07 Å². The first-order valence-corrected chi connectivity index (χ1v) is 8.60. The topological polar surface area (TPSA) is 30.0 Å². The van der Waals surface area contributed by atoms with Crippen LogP contribution >= 0.6 is 0 Å². The van der Waals surface area contributed by atoms with Gasteiger partial charge in [-0.25, -0.2) is 0 Å². The summed E-state index contributed by atoms with van der Waals surface area (Å²) in [6.07, 6.45) is 6.92. The van der Waals surface area contributed by atoms with Gasteiger partial charge in [0.2, 0.25) is 0 Å². The van der Waals surface area contributed by atoms with Crippen LogP contribution in [0.25, 0.3) is 0 Å². The predicted molar refractivity (Wildman–Crippen MR) is 79.1 cm³/mol. The smallest absolute Gasteiger partial charge is 0.114 e. The van der Waals surface area contributed by atoms with E-state index in [-0.39, 0.29) is 6.04 Å². The molecule has 0 aromatic heterocycles. The molecule has 2 heterocycles. The van der Waals surface area contributed by atoms with E-state index in [2.05, 4.69) is 29.7 Å². The highest BCUT2D eigenvalue weighted by molar-refractivity contribution is 5.22. The zero-order valence-corrected chi connectivity index (χ0v) is 12.8. The van der Waals surface area contributed by atoms with Crippen LogP contribution in [0.4, 0.5) is 0 Å². The van der Waals surface area contributed by atoms with Crippen LogP contribution in [-0.4, -0.2) is 47.1 Å². The van der Waals surface area contributed by atoms with Gasteiger partial charge in [-0.05, 0) is 70.3 Å². The van der Waals surface area contributed by atoms with E-state index in [1.54, 1.807) is 0 Å². The lowest BCUT2D eigenvalue weighted by Crippen LogP contribution is -2.40. The standard InChI is InChI=1S/C17H27N3/c1-11(2)19-6-5-12-7-14(10-19)15(8-12)20-16(9-18)17(20)13-3-4-13/h11-17H,3-8,10H2,1-2H3. The van der Waals surface area contributed by atoms with Gasteiger partial charge in [0.05, 0.1) is 6.07 Å². The molecular weight excluding hydrogens is 246 g/mol. The molecule has 0 radical (unpaired) electrons. The first-order valence-electron chi connectivity index (χ1n) is 8.60. The second-order valence-electron chi connectivity index (χ2n) is 7.89. The minimum atomic E-state index is 0.265. The van der Waals surface area contributed by atoms with Gasteiger partial charge in [-0.15, -0.1) is 0 Å². The number of nitrogens with zero attached hydrogens (tertiary/aromatic N) is 3. The zero-order chi connectivity index (χ0) is 13.9. The van der Waals surface area contributed by atoms with E-state index in [1.807, 2.05) is 0 Å². The van der Waals surface area contributed by atoms with Crippen molar-refractivity contribution in [3.63, 3.8) is 0 Å². The third kappa shape index (κ3) is 2.09. The van der Waals surface area contributed by atoms with Gasteiger partial charge in [0.25, 0.3) is 0 Å². The molecule has 6 atom stereocenters. The quantitative estimate of drug-likeness (QED) is 0.740. The van der Waals surface area contributed by atoms with Crippen molar-refractivity contribution in [2.24, 2.45) is 17.8 Å². The Bertz CT molecular complexity index is 422. The van der Waals surface area contributed by atoms with Crippen molar-refractivity contribution in [2.45, 2.75) is 70.1 Å². The van der Waals surface area contributed by atoms with E-state index in [0.717, 1.165) is 23.8 Å². The van der Waals surface area contributed by atoms with Crippen molar-refractivity contribution < 1.29 is 0 Å². The molecule has 2 saturated carbocycles. The first-order chi connectivity index (χ1) is 9.69. The number of nitriles is 1. The van der Waals surface area contributed by atoms with Crippen LogP contribution in [0.3, 0.4) is 0 Å². The largest absolute Gasteiger partial charge is 0.301 e. The summed E-state index contributed by atoms with van der Waals surface area (Å²) in [6.45, 7) is 7.22. The van der Waals surface area contributed by atoms with Crippen molar-refractivity contribution in [3.05, 3.63) is 0 Å². The van der Waals surface area contributed by atoms with Crippen LogP contribution < -0.4 is 0 Å². The Morgan fingerprint density at radius 2 is 1.90 bits per heavy atom. The summed E-state index contributed by atoms with van der Waals surface area (Å²) in [5.74, 6) is 2.61. The van der Waals surface area contributed by atoms with Crippen molar-refractivity contribution >= 4 is 0 Å². The summed E-state index contributed by atoms with van der Waals surface area (Å²) >= 11 is 0. The molecule has 3 heteroatoms. The fraction of sp³-hybridized carbons (Fsp3) is 0.941. The second-order valence-corrected chi connectivity index (χ2v) is 7.89. The lowest BCUT2D eigenvalue weighted by Gasteiger charge is -2.32. The zero-order valence-electron chi connectivity index (χ0n) is 12.8. The van der Waals surface area contributed by atoms with Crippen LogP contribution in [0.1, 0.15) is 46.0 Å². The lowest BCUT2D eigenvalue weighted by atomic mass is 10.0. The molecule has 2 aliphatic carbocycles. The van der Waals surface area contributed by atoms with Crippen molar-refractivity contribution in [1.29, 1.82) is 5.26 Å². The number of likely N-dealkylation sites (tertiary alicyclic amines) is 1. The minimum Gasteiger partial charge on any atom is -0.301 e. The molecule has 4 aliphatic rings. The third-order valence-electron chi connectivity index (χ3n) is 6.30. The Hall–Kier alpha value is -0.590. The second kappa shape index (κ2) is 4.71. The summed E-state index contributed by atoms with van der Waals surface area (Å²) in [5.41, 5.74) is 0. The highest BCUT2D eigenvalue weighted by Crippen LogP contribution is 2.52. The summed E-state index contributed by atoms with van der Waals surface area (Å²) in [6, 6.07) is 4.88. The van der Waals surface area contributed by atoms with Gasteiger partial charge in [0.15, 0.2) is 0 Å². The molecule has 110 valence electrons. The number of rotatable bonds is 3. The van der Waals surface area contributed by atoms with E-state index >= 15 is 0 Å². The Morgan fingerprint density at radius 1 is 1.10 bits per heavy atom. The predicted octanol–water partition coefficient (Wildman–Crippen LogP) is 2.48. The molecule has 20 heavy (non-hydrogen) atoms. The highest BCUT2D eigenvalue weighted by Gasteiger charge is 2.60. The average Bonchev–Trinajstić information content (AvgIpc) is 3.27. The summed E-state index contributed by atoms with van der Waals surface area (Å²) in [4.78, 5) is 5.29. The molecule has 2 saturated heterocycles. The van der Waals surface area contributed by atoms with Gasteiger partial charge in [0, 0.05) is 24.7 Å². The van der Waals surface area contributed by atoms with Gasteiger partial charge in [-0.1, -0.05) is 0 Å². The normalized spacial score (nSPS) is 48.1. The maximum atomic E-state index is 9.42. The van der Waals surface area contributed by atoms with E-state index in [9.17, 15) is 5.26 Å². The van der Waals surface area contributed by atoms with E-state index in [4.69, 9.17) is 0 Å². The van der Waals surface area contributed by atoms with Gasteiger partial charge < -0.3 is 4.90 Å². The minimum absolute atomic E-state index is 0.265. The average molecular weight is 273 g/mol. The molecule has 0 N–H and O–H groups in total. The van der Waals surface area contributed by atoms with Crippen molar-refractivity contribution in [2.75, 3.05) is 13.1 Å². The molecule has 0 spiro atoms. The Kier molecular flexibility index (Phi) is 3.09. The number of hydrogen-bond donors (Lipinski definition) is 0. The number of hydrogen-bond acceptors (Lipinski definition) is 3. The maximum Gasteiger partial charge on any atom is 0.114 e. The molecule has 0 aromatic carbocycles. The maximum absolute atomic E-state index is 9.42. The van der Waals surface area contributed by atoms with E-state index in [0.29, 0.717) is 12.1 Å². The molecular formula is C17H27N3. The molecule has 4 rings (SSSR count). The number of fused-ring (bicyclic) bond motifs is 2. The Balaban J connectivity index is 1.48. The van der Waals surface area contributed by atoms with Crippen LogP contribution in [0.15, 0.2) is 0 Å². The fourth-order valence-electron chi connectivity index (χ4n) is 5.00. The fourth-order valence-corrected chi connectivity index (χ4v) is 5.00. The molecule has 4 fully saturated rings. The molecule has 2 bridgehead atoms. The monoisotopic (exact) mass is 273 g/mol. The molecule has 2 aliphatic heterocycles. The molecule has 3 nitrogen and oxygen atoms in total. The van der Waals surface area contributed by atoms with Gasteiger partial charge >= 0.3 is 0 Å². The van der Waals surface area contributed by atoms with Crippen LogP contribution in [0.5, 0.6) is 0 Å². The van der Waals surface area contributed by atoms with Crippen LogP contribution in [0, 0.1) is 29.1 Å². The molecule has 0 amide bonds. The Morgan fingerprint density at radius 3 is 2.55 bits per heavy atom. The van der Waals surface area contributed by atoms with Gasteiger partial charge in [-0.3, -0.25) is 4.90 Å². The van der Waals surface area contributed by atoms with Crippen LogP contribution in [-0.2, 0) is 0 Å². The third-order valence-corrected chi connectivity index (χ3v) is 6.30. The summed E-state index contributed by atoms with van der Waals surface area (Å²) < 4.78 is 0. The lowest BCUT2D eigenvalue weighted by molar-refractivity contribution is 0.154. The van der Waals surface area contributed by atoms with E-state index in [1.165, 1.54) is 45.2 Å². The molecule has 6 unspecified atom stereocenters. The van der Waals surface area contributed by atoms with E-state index < -0.39 is 0 Å². The summed E-state index contributed by atoms with van der Waals surface area (Å²) in [7, 11) is 0. The van der Waals surface area contributed by atoms with Gasteiger partial charge in [-0.2, -0.15) is 5.26 Å². The summed E-state index contributed by atoms with van der Waals surface area (Å²) in [5, 5.41) is 9.42. The first kappa shape index (κ1) is 13.1. The highest BCUT2D eigenvalue weighted by atomic mass is 15.4. The molecule has 0 aromatic rings. The van der Waals surface area contributed by atoms with Gasteiger partial charge in [0.1, 0.15) is 6.04 Å². The van der Waals surface area contributed by atoms with Crippen molar-refractivity contribution in [1.82, 2.24) is 9.80 Å². The Labute approximate surface area is 122 Å². The van der Waals surface area contributed by atoms with Crippen LogP contribution in [0.2, 0.25) is 0 Å². The SMILES string of the molecule is CC(C)N1CCC2CC(C1)C(N1C(C#N)C1C1CC1)C2.